The highest BCUT2D eigenvalue weighted by Gasteiger charge is 2.32. The zero-order chi connectivity index (χ0) is 33.9. The average molecular weight is 664 g/mol. The SMILES string of the molecule is CCOc1cc([C@H]2NC(=O)NC(C)=C2C(=O)OC)ccc1OC[C@@H](O)N/N=C/c1cc(Cl)c(OCc2ccc(C#N)cc2)c(OC)c1. The maximum atomic E-state index is 12.5. The smallest absolute Gasteiger partial charge is 0.337 e. The molecule has 4 rings (SSSR count). The van der Waals surface area contributed by atoms with E-state index in [9.17, 15) is 14.7 Å². The average Bonchev–Trinajstić information content (AvgIpc) is 3.06. The van der Waals surface area contributed by atoms with E-state index < -0.39 is 24.3 Å². The number of hydrogen-bond donors (Lipinski definition) is 4. The Labute approximate surface area is 276 Å². The lowest BCUT2D eigenvalue weighted by atomic mass is 9.95. The fourth-order valence-electron chi connectivity index (χ4n) is 4.61. The van der Waals surface area contributed by atoms with E-state index in [0.29, 0.717) is 57.0 Å². The van der Waals surface area contributed by atoms with Crippen LogP contribution in [-0.2, 0) is 16.1 Å². The van der Waals surface area contributed by atoms with Gasteiger partial charge in [0.1, 0.15) is 13.2 Å². The Morgan fingerprint density at radius 2 is 1.87 bits per heavy atom. The summed E-state index contributed by atoms with van der Waals surface area (Å²) >= 11 is 6.47. The number of amides is 2. The Kier molecular flexibility index (Phi) is 11.9. The van der Waals surface area contributed by atoms with Gasteiger partial charge in [-0.05, 0) is 66.9 Å². The van der Waals surface area contributed by atoms with Gasteiger partial charge in [-0.25, -0.2) is 9.59 Å². The van der Waals surface area contributed by atoms with Crippen LogP contribution in [0.25, 0.3) is 0 Å². The fraction of sp³-hybridized carbons (Fsp3) is 0.273. The van der Waals surface area contributed by atoms with Gasteiger partial charge in [-0.15, -0.1) is 0 Å². The van der Waals surface area contributed by atoms with Gasteiger partial charge in [0.25, 0.3) is 0 Å². The molecule has 0 bridgehead atoms. The van der Waals surface area contributed by atoms with Crippen molar-refractivity contribution < 1.29 is 38.4 Å². The van der Waals surface area contributed by atoms with Crippen LogP contribution in [0.1, 0.15) is 42.1 Å². The Morgan fingerprint density at radius 3 is 2.55 bits per heavy atom. The molecule has 0 saturated heterocycles. The summed E-state index contributed by atoms with van der Waals surface area (Å²) in [6.45, 7) is 3.75. The molecule has 3 aromatic carbocycles. The van der Waals surface area contributed by atoms with Crippen LogP contribution in [0.15, 0.2) is 71.0 Å². The highest BCUT2D eigenvalue weighted by molar-refractivity contribution is 6.32. The summed E-state index contributed by atoms with van der Waals surface area (Å²) in [6.07, 6.45) is 0.248. The van der Waals surface area contributed by atoms with E-state index in [4.69, 9.17) is 40.5 Å². The minimum absolute atomic E-state index is 0.195. The lowest BCUT2D eigenvalue weighted by molar-refractivity contribution is -0.136. The van der Waals surface area contributed by atoms with Gasteiger partial charge in [0.05, 0.1) is 55.3 Å². The number of ether oxygens (including phenoxy) is 5. The largest absolute Gasteiger partial charge is 0.493 e. The maximum Gasteiger partial charge on any atom is 0.337 e. The molecule has 0 aliphatic carbocycles. The monoisotopic (exact) mass is 663 g/mol. The number of carbonyl (C=O) groups excluding carboxylic acids is 2. The minimum Gasteiger partial charge on any atom is -0.493 e. The third-order valence-electron chi connectivity index (χ3n) is 6.83. The summed E-state index contributed by atoms with van der Waals surface area (Å²) in [4.78, 5) is 24.6. The summed E-state index contributed by atoms with van der Waals surface area (Å²) < 4.78 is 27.8. The minimum atomic E-state index is -1.20. The van der Waals surface area contributed by atoms with Crippen molar-refractivity contribution in [2.45, 2.75) is 32.7 Å². The summed E-state index contributed by atoms with van der Waals surface area (Å²) in [7, 11) is 2.75. The summed E-state index contributed by atoms with van der Waals surface area (Å²) in [5, 5.41) is 29.1. The first-order chi connectivity index (χ1) is 22.7. The van der Waals surface area contributed by atoms with Crippen molar-refractivity contribution in [3.05, 3.63) is 93.1 Å². The van der Waals surface area contributed by atoms with Gasteiger partial charge in [-0.3, -0.25) is 5.43 Å². The molecule has 0 unspecified atom stereocenters. The molecule has 14 heteroatoms. The molecule has 0 fully saturated rings. The van der Waals surface area contributed by atoms with Gasteiger partial charge < -0.3 is 39.4 Å². The molecule has 1 aliphatic heterocycles. The van der Waals surface area contributed by atoms with E-state index in [1.54, 1.807) is 68.4 Å². The van der Waals surface area contributed by atoms with Crippen molar-refractivity contribution in [1.82, 2.24) is 16.1 Å². The first-order valence-corrected chi connectivity index (χ1v) is 14.8. The lowest BCUT2D eigenvalue weighted by Crippen LogP contribution is -2.45. The predicted octanol–water partition coefficient (Wildman–Crippen LogP) is 4.32. The predicted molar refractivity (Wildman–Crippen MR) is 172 cm³/mol. The van der Waals surface area contributed by atoms with Gasteiger partial charge in [0, 0.05) is 5.70 Å². The molecule has 0 saturated carbocycles. The van der Waals surface area contributed by atoms with E-state index in [1.165, 1.54) is 20.4 Å². The standard InChI is InChI=1S/C33H34ClN5O8/c1-5-45-26-14-23(30-29(32(41)44-4)19(2)37-33(42)38-30)10-11-25(26)46-18-28(40)39-36-16-22-12-24(34)31(27(13-22)43-3)47-17-21-8-6-20(15-35)7-9-21/h6-14,16,28,30,39-40H,5,17-18H2,1-4H3,(H2,37,38,42)/b36-16+/t28-,30-/m1/s1. The molecule has 2 atom stereocenters. The summed E-state index contributed by atoms with van der Waals surface area (Å²) in [6, 6.07) is 16.1. The molecule has 13 nitrogen and oxygen atoms in total. The van der Waals surface area contributed by atoms with Gasteiger partial charge in [-0.2, -0.15) is 10.4 Å². The molecule has 0 spiro atoms. The van der Waals surface area contributed by atoms with E-state index >= 15 is 0 Å². The maximum absolute atomic E-state index is 12.5. The van der Waals surface area contributed by atoms with Crippen LogP contribution in [0, 0.1) is 11.3 Å². The molecule has 0 radical (unpaired) electrons. The first kappa shape index (κ1) is 34.4. The molecular weight excluding hydrogens is 630 g/mol. The van der Waals surface area contributed by atoms with Crippen molar-refractivity contribution in [3.8, 4) is 29.1 Å². The number of benzene rings is 3. The first-order valence-electron chi connectivity index (χ1n) is 14.4. The van der Waals surface area contributed by atoms with Crippen LogP contribution in [0.2, 0.25) is 5.02 Å². The van der Waals surface area contributed by atoms with Crippen molar-refractivity contribution in [3.63, 3.8) is 0 Å². The van der Waals surface area contributed by atoms with Gasteiger partial charge in [0.15, 0.2) is 29.2 Å². The molecule has 2 amide bonds. The number of urea groups is 1. The van der Waals surface area contributed by atoms with Crippen molar-refractivity contribution in [2.24, 2.45) is 5.10 Å². The molecular formula is C33H34ClN5O8. The number of nitrogens with one attached hydrogen (secondary N) is 3. The molecule has 3 aromatic rings. The number of rotatable bonds is 14. The molecule has 1 heterocycles. The topological polar surface area (TPSA) is 173 Å². The molecule has 0 aromatic heterocycles. The molecule has 246 valence electrons. The molecule has 47 heavy (non-hydrogen) atoms. The number of allylic oxidation sites excluding steroid dienone is 1. The van der Waals surface area contributed by atoms with Gasteiger partial charge >= 0.3 is 12.0 Å². The van der Waals surface area contributed by atoms with E-state index in [-0.39, 0.29) is 18.8 Å². The molecule has 1 aliphatic rings. The van der Waals surface area contributed by atoms with Crippen LogP contribution >= 0.6 is 11.6 Å². The number of halogens is 1. The number of methoxy groups -OCH3 is 2. The van der Waals surface area contributed by atoms with Crippen molar-refractivity contribution >= 4 is 29.8 Å². The third kappa shape index (κ3) is 8.84. The zero-order valence-electron chi connectivity index (χ0n) is 26.1. The van der Waals surface area contributed by atoms with E-state index in [2.05, 4.69) is 27.2 Å². The van der Waals surface area contributed by atoms with Crippen molar-refractivity contribution in [1.29, 1.82) is 5.26 Å². The quantitative estimate of drug-likeness (QED) is 0.0842. The number of hydrogen-bond acceptors (Lipinski definition) is 11. The fourth-order valence-corrected chi connectivity index (χ4v) is 4.88. The van der Waals surface area contributed by atoms with Crippen LogP contribution < -0.4 is 35.0 Å². The highest BCUT2D eigenvalue weighted by atomic mass is 35.5. The molecule has 4 N–H and O–H groups in total. The number of nitriles is 1. The van der Waals surface area contributed by atoms with Gasteiger partial charge in [0.2, 0.25) is 0 Å². The Morgan fingerprint density at radius 1 is 1.11 bits per heavy atom. The van der Waals surface area contributed by atoms with Crippen LogP contribution in [-0.4, -0.2) is 57.0 Å². The Bertz CT molecular complexity index is 1700. The normalized spacial score (nSPS) is 14.8. The van der Waals surface area contributed by atoms with Crippen molar-refractivity contribution in [2.75, 3.05) is 27.4 Å². The summed E-state index contributed by atoms with van der Waals surface area (Å²) in [5.41, 5.74) is 5.77. The van der Waals surface area contributed by atoms with E-state index in [0.717, 1.165) is 5.56 Å². The number of carbonyl (C=O) groups is 2. The Hall–Kier alpha value is -5.45. The number of nitrogens with zero attached hydrogens (tertiary/aromatic N) is 2. The second-order valence-electron chi connectivity index (χ2n) is 10.0. The Balaban J connectivity index is 1.38. The lowest BCUT2D eigenvalue weighted by Gasteiger charge is -2.28. The third-order valence-corrected chi connectivity index (χ3v) is 7.11. The van der Waals surface area contributed by atoms with Gasteiger partial charge in [-0.1, -0.05) is 29.8 Å². The number of aliphatic hydroxyl groups is 1. The highest BCUT2D eigenvalue weighted by Crippen LogP contribution is 2.37. The second-order valence-corrected chi connectivity index (χ2v) is 10.5. The van der Waals surface area contributed by atoms with Crippen LogP contribution in [0.3, 0.4) is 0 Å². The second kappa shape index (κ2) is 16.2. The van der Waals surface area contributed by atoms with Crippen LogP contribution in [0.4, 0.5) is 4.79 Å². The number of aliphatic hydroxyl groups excluding tert-OH is 1. The number of hydrazone groups is 1. The van der Waals surface area contributed by atoms with E-state index in [1.807, 2.05) is 0 Å². The number of esters is 1. The zero-order valence-corrected chi connectivity index (χ0v) is 26.9. The summed E-state index contributed by atoms with van der Waals surface area (Å²) in [5.74, 6) is 0.825. The van der Waals surface area contributed by atoms with Crippen LogP contribution in [0.5, 0.6) is 23.0 Å².